The summed E-state index contributed by atoms with van der Waals surface area (Å²) < 4.78 is 0.730. The van der Waals surface area contributed by atoms with E-state index in [1.807, 2.05) is 19.1 Å². The van der Waals surface area contributed by atoms with Crippen LogP contribution < -0.4 is 0 Å². The third-order valence-corrected chi connectivity index (χ3v) is 5.42. The van der Waals surface area contributed by atoms with Crippen molar-refractivity contribution in [1.82, 2.24) is 4.90 Å². The third kappa shape index (κ3) is 2.48. The molecule has 112 valence electrons. The number of carbonyl (C=O) groups excluding carboxylic acids is 1. The molecular formula is C16H18BrNO3. The molecule has 1 aromatic rings. The molecule has 1 amide bonds. The first kappa shape index (κ1) is 14.6. The molecule has 2 fully saturated rings. The SMILES string of the molecule is Cc1ccc(C(=O)N2CC3CCCC3C2C(=O)O)c(Br)c1. The average Bonchev–Trinajstić information content (AvgIpc) is 2.96. The van der Waals surface area contributed by atoms with Gasteiger partial charge < -0.3 is 10.0 Å². The number of rotatable bonds is 2. The molecule has 1 aliphatic heterocycles. The van der Waals surface area contributed by atoms with Crippen LogP contribution >= 0.6 is 15.9 Å². The van der Waals surface area contributed by atoms with Gasteiger partial charge in [-0.25, -0.2) is 4.79 Å². The highest BCUT2D eigenvalue weighted by Gasteiger charge is 2.49. The zero-order valence-electron chi connectivity index (χ0n) is 11.9. The average molecular weight is 352 g/mol. The monoisotopic (exact) mass is 351 g/mol. The van der Waals surface area contributed by atoms with E-state index in [4.69, 9.17) is 0 Å². The Morgan fingerprint density at radius 2 is 2.10 bits per heavy atom. The van der Waals surface area contributed by atoms with Crippen molar-refractivity contribution in [2.24, 2.45) is 11.8 Å². The van der Waals surface area contributed by atoms with Crippen LogP contribution in [0, 0.1) is 18.8 Å². The first-order chi connectivity index (χ1) is 9.99. The van der Waals surface area contributed by atoms with Gasteiger partial charge in [-0.1, -0.05) is 12.5 Å². The predicted molar refractivity (Wildman–Crippen MR) is 82.2 cm³/mol. The molecule has 3 rings (SSSR count). The molecule has 1 saturated heterocycles. The molecule has 2 aliphatic rings. The van der Waals surface area contributed by atoms with E-state index in [1.165, 1.54) is 0 Å². The van der Waals surface area contributed by atoms with Gasteiger partial charge in [0, 0.05) is 11.0 Å². The van der Waals surface area contributed by atoms with Gasteiger partial charge in [0.2, 0.25) is 0 Å². The highest BCUT2D eigenvalue weighted by atomic mass is 79.9. The second-order valence-corrected chi connectivity index (χ2v) is 6.93. The first-order valence-corrected chi connectivity index (χ1v) is 8.08. The Hall–Kier alpha value is -1.36. The van der Waals surface area contributed by atoms with Crippen LogP contribution in [0.3, 0.4) is 0 Å². The molecule has 0 spiro atoms. The lowest BCUT2D eigenvalue weighted by atomic mass is 9.94. The second kappa shape index (κ2) is 5.44. The van der Waals surface area contributed by atoms with Crippen molar-refractivity contribution in [3.8, 4) is 0 Å². The number of hydrogen-bond acceptors (Lipinski definition) is 2. The van der Waals surface area contributed by atoms with Crippen LogP contribution in [0.15, 0.2) is 22.7 Å². The van der Waals surface area contributed by atoms with Gasteiger partial charge in [-0.05, 0) is 65.2 Å². The highest BCUT2D eigenvalue weighted by molar-refractivity contribution is 9.10. The van der Waals surface area contributed by atoms with E-state index in [9.17, 15) is 14.7 Å². The number of fused-ring (bicyclic) bond motifs is 1. The fourth-order valence-corrected chi connectivity index (χ4v) is 4.44. The normalized spacial score (nSPS) is 27.7. The van der Waals surface area contributed by atoms with E-state index in [-0.39, 0.29) is 11.8 Å². The summed E-state index contributed by atoms with van der Waals surface area (Å²) in [7, 11) is 0. The van der Waals surface area contributed by atoms with Crippen molar-refractivity contribution in [2.75, 3.05) is 6.54 Å². The maximum atomic E-state index is 12.8. The summed E-state index contributed by atoms with van der Waals surface area (Å²) in [6, 6.07) is 4.87. The lowest BCUT2D eigenvalue weighted by Gasteiger charge is -2.25. The smallest absolute Gasteiger partial charge is 0.326 e. The number of carboxylic acids is 1. The molecule has 1 heterocycles. The van der Waals surface area contributed by atoms with Gasteiger partial charge in [0.15, 0.2) is 0 Å². The molecule has 1 aromatic carbocycles. The van der Waals surface area contributed by atoms with Crippen LogP contribution in [0.25, 0.3) is 0 Å². The molecule has 4 nitrogen and oxygen atoms in total. The summed E-state index contributed by atoms with van der Waals surface area (Å²) in [5, 5.41) is 9.53. The van der Waals surface area contributed by atoms with Gasteiger partial charge in [0.25, 0.3) is 5.91 Å². The number of hydrogen-bond donors (Lipinski definition) is 1. The molecule has 1 saturated carbocycles. The van der Waals surface area contributed by atoms with Crippen LogP contribution in [0.4, 0.5) is 0 Å². The topological polar surface area (TPSA) is 57.6 Å². The van der Waals surface area contributed by atoms with E-state index in [0.717, 1.165) is 29.3 Å². The van der Waals surface area contributed by atoms with Crippen LogP contribution in [-0.4, -0.2) is 34.5 Å². The van der Waals surface area contributed by atoms with Crippen LogP contribution in [0.5, 0.6) is 0 Å². The van der Waals surface area contributed by atoms with Crippen molar-refractivity contribution in [1.29, 1.82) is 0 Å². The largest absolute Gasteiger partial charge is 0.480 e. The maximum absolute atomic E-state index is 12.8. The van der Waals surface area contributed by atoms with Gasteiger partial charge >= 0.3 is 5.97 Å². The standard InChI is InChI=1S/C16H18BrNO3/c1-9-5-6-12(13(17)7-9)15(19)18-8-10-3-2-4-11(10)14(18)16(20)21/h5-7,10-11,14H,2-4,8H2,1H3,(H,20,21). The molecule has 21 heavy (non-hydrogen) atoms. The fourth-order valence-electron chi connectivity index (χ4n) is 3.78. The Bertz CT molecular complexity index is 601. The third-order valence-electron chi connectivity index (χ3n) is 4.76. The second-order valence-electron chi connectivity index (χ2n) is 6.08. The van der Waals surface area contributed by atoms with E-state index in [0.29, 0.717) is 18.0 Å². The van der Waals surface area contributed by atoms with Crippen molar-refractivity contribution in [2.45, 2.75) is 32.2 Å². The minimum atomic E-state index is -0.874. The molecule has 5 heteroatoms. The van der Waals surface area contributed by atoms with Crippen molar-refractivity contribution >= 4 is 27.8 Å². The number of halogens is 1. The summed E-state index contributed by atoms with van der Waals surface area (Å²) in [6.45, 7) is 2.53. The summed E-state index contributed by atoms with van der Waals surface area (Å²) in [4.78, 5) is 25.9. The van der Waals surface area contributed by atoms with E-state index >= 15 is 0 Å². The number of likely N-dealkylation sites (tertiary alicyclic amines) is 1. The number of benzene rings is 1. The van der Waals surface area contributed by atoms with Gasteiger partial charge in [0.1, 0.15) is 6.04 Å². The molecule has 1 aliphatic carbocycles. The van der Waals surface area contributed by atoms with Crippen molar-refractivity contribution < 1.29 is 14.7 Å². The molecule has 1 N–H and O–H groups in total. The highest BCUT2D eigenvalue weighted by Crippen LogP contribution is 2.43. The fraction of sp³-hybridized carbons (Fsp3) is 0.500. The maximum Gasteiger partial charge on any atom is 0.326 e. The Balaban J connectivity index is 1.91. The number of nitrogens with zero attached hydrogens (tertiary/aromatic N) is 1. The number of carbonyl (C=O) groups is 2. The van der Waals surface area contributed by atoms with Crippen molar-refractivity contribution in [3.63, 3.8) is 0 Å². The summed E-state index contributed by atoms with van der Waals surface area (Å²) in [5.41, 5.74) is 1.61. The van der Waals surface area contributed by atoms with Gasteiger partial charge in [-0.3, -0.25) is 4.79 Å². The first-order valence-electron chi connectivity index (χ1n) is 7.29. The number of carboxylic acid groups (broad SMARTS) is 1. The minimum Gasteiger partial charge on any atom is -0.480 e. The number of aryl methyl sites for hydroxylation is 1. The lowest BCUT2D eigenvalue weighted by Crippen LogP contribution is -2.43. The summed E-state index contributed by atoms with van der Waals surface area (Å²) in [5.74, 6) is -0.584. The number of amides is 1. The van der Waals surface area contributed by atoms with Gasteiger partial charge in [-0.15, -0.1) is 0 Å². The van der Waals surface area contributed by atoms with E-state index in [2.05, 4.69) is 15.9 Å². The molecule has 3 atom stereocenters. The minimum absolute atomic E-state index is 0.121. The van der Waals surface area contributed by atoms with Crippen LogP contribution in [0.1, 0.15) is 35.2 Å². The lowest BCUT2D eigenvalue weighted by molar-refractivity contribution is -0.142. The van der Waals surface area contributed by atoms with Gasteiger partial charge in [0.05, 0.1) is 5.56 Å². The molecule has 3 unspecified atom stereocenters. The zero-order chi connectivity index (χ0) is 15.1. The van der Waals surface area contributed by atoms with Crippen molar-refractivity contribution in [3.05, 3.63) is 33.8 Å². The Morgan fingerprint density at radius 3 is 2.76 bits per heavy atom. The molecule has 0 radical (unpaired) electrons. The Morgan fingerprint density at radius 1 is 1.33 bits per heavy atom. The zero-order valence-corrected chi connectivity index (χ0v) is 13.5. The molecular weight excluding hydrogens is 334 g/mol. The van der Waals surface area contributed by atoms with E-state index < -0.39 is 12.0 Å². The quantitative estimate of drug-likeness (QED) is 0.890. The summed E-state index contributed by atoms with van der Waals surface area (Å²) >= 11 is 3.42. The summed E-state index contributed by atoms with van der Waals surface area (Å²) in [6.07, 6.45) is 3.03. The number of aliphatic carboxylic acids is 1. The van der Waals surface area contributed by atoms with Crippen LogP contribution in [0.2, 0.25) is 0 Å². The van der Waals surface area contributed by atoms with Gasteiger partial charge in [-0.2, -0.15) is 0 Å². The van der Waals surface area contributed by atoms with E-state index in [1.54, 1.807) is 11.0 Å². The molecule has 0 bridgehead atoms. The Kier molecular flexibility index (Phi) is 3.78. The molecule has 0 aromatic heterocycles. The predicted octanol–water partition coefficient (Wildman–Crippen LogP) is 3.08. The van der Waals surface area contributed by atoms with Crippen LogP contribution in [-0.2, 0) is 4.79 Å². The Labute approximate surface area is 132 Å².